The molecule has 1 rings (SSSR count). The molecule has 100 valence electrons. The summed E-state index contributed by atoms with van der Waals surface area (Å²) in [5.74, 6) is -1.17. The molecule has 0 unspecified atom stereocenters. The van der Waals surface area contributed by atoms with E-state index in [4.69, 9.17) is 5.73 Å². The Morgan fingerprint density at radius 2 is 1.94 bits per heavy atom. The quantitative estimate of drug-likeness (QED) is 0.595. The van der Waals surface area contributed by atoms with Crippen LogP contribution in [0.15, 0.2) is 18.2 Å². The summed E-state index contributed by atoms with van der Waals surface area (Å²) in [5, 5.41) is 21.6. The van der Waals surface area contributed by atoms with Gasteiger partial charge in [-0.05, 0) is 25.0 Å². The third-order valence-electron chi connectivity index (χ3n) is 3.27. The number of rotatable bonds is 5. The van der Waals surface area contributed by atoms with E-state index in [1.165, 1.54) is 18.2 Å². The lowest BCUT2D eigenvalue weighted by atomic mass is 9.94. The minimum Gasteiger partial charge on any atom is -0.504 e. The van der Waals surface area contributed by atoms with Gasteiger partial charge in [0.2, 0.25) is 0 Å². The van der Waals surface area contributed by atoms with Crippen molar-refractivity contribution >= 4 is 5.91 Å². The van der Waals surface area contributed by atoms with Crippen molar-refractivity contribution in [2.45, 2.75) is 32.2 Å². The Morgan fingerprint density at radius 1 is 1.33 bits per heavy atom. The largest absolute Gasteiger partial charge is 0.504 e. The van der Waals surface area contributed by atoms with Crippen molar-refractivity contribution in [3.05, 3.63) is 23.8 Å². The number of phenolic OH excluding ortho intramolecular Hbond substituents is 2. The SMILES string of the molecule is CCC(N)(CC)CNC(=O)c1cccc(O)c1O. The van der Waals surface area contributed by atoms with Gasteiger partial charge in [-0.1, -0.05) is 19.9 Å². The normalized spacial score (nSPS) is 11.3. The molecule has 0 bridgehead atoms. The molecule has 1 aromatic rings. The van der Waals surface area contributed by atoms with Crippen molar-refractivity contribution in [1.29, 1.82) is 0 Å². The lowest BCUT2D eigenvalue weighted by Gasteiger charge is -2.26. The van der Waals surface area contributed by atoms with Crippen LogP contribution in [0.5, 0.6) is 11.5 Å². The molecule has 0 saturated carbocycles. The topological polar surface area (TPSA) is 95.6 Å². The van der Waals surface area contributed by atoms with Gasteiger partial charge in [-0.25, -0.2) is 0 Å². The molecule has 0 aliphatic heterocycles. The highest BCUT2D eigenvalue weighted by Crippen LogP contribution is 2.28. The maximum atomic E-state index is 11.9. The third kappa shape index (κ3) is 3.13. The number of nitrogens with one attached hydrogen (secondary N) is 1. The van der Waals surface area contributed by atoms with Crippen molar-refractivity contribution in [3.8, 4) is 11.5 Å². The number of nitrogens with two attached hydrogens (primary N) is 1. The van der Waals surface area contributed by atoms with Gasteiger partial charge in [0.05, 0.1) is 5.56 Å². The van der Waals surface area contributed by atoms with Crippen LogP contribution in [0.3, 0.4) is 0 Å². The second-order valence-corrected chi connectivity index (χ2v) is 4.43. The molecule has 1 aromatic carbocycles. The molecular weight excluding hydrogens is 232 g/mol. The lowest BCUT2D eigenvalue weighted by Crippen LogP contribution is -2.49. The van der Waals surface area contributed by atoms with Gasteiger partial charge >= 0.3 is 0 Å². The summed E-state index contributed by atoms with van der Waals surface area (Å²) in [6.07, 6.45) is 1.49. The van der Waals surface area contributed by atoms with E-state index in [0.717, 1.165) is 12.8 Å². The van der Waals surface area contributed by atoms with E-state index in [1.54, 1.807) is 0 Å². The first kappa shape index (κ1) is 14.3. The monoisotopic (exact) mass is 252 g/mol. The predicted octanol–water partition coefficient (Wildman–Crippen LogP) is 1.35. The fourth-order valence-electron chi connectivity index (χ4n) is 1.57. The number of hydrogen-bond acceptors (Lipinski definition) is 4. The number of amides is 1. The molecule has 0 fully saturated rings. The van der Waals surface area contributed by atoms with Crippen molar-refractivity contribution in [2.75, 3.05) is 6.54 Å². The van der Waals surface area contributed by atoms with E-state index >= 15 is 0 Å². The second-order valence-electron chi connectivity index (χ2n) is 4.43. The molecule has 0 aliphatic rings. The van der Waals surface area contributed by atoms with Crippen molar-refractivity contribution in [2.24, 2.45) is 5.73 Å². The highest BCUT2D eigenvalue weighted by Gasteiger charge is 2.22. The summed E-state index contributed by atoms with van der Waals surface area (Å²) in [6.45, 7) is 4.25. The molecule has 0 aliphatic carbocycles. The average Bonchev–Trinajstić information content (AvgIpc) is 2.39. The molecule has 5 N–H and O–H groups in total. The van der Waals surface area contributed by atoms with Crippen LogP contribution in [-0.4, -0.2) is 28.2 Å². The highest BCUT2D eigenvalue weighted by molar-refractivity contribution is 5.97. The molecule has 0 saturated heterocycles. The third-order valence-corrected chi connectivity index (χ3v) is 3.27. The maximum Gasteiger partial charge on any atom is 0.255 e. The lowest BCUT2D eigenvalue weighted by molar-refractivity contribution is 0.0939. The van der Waals surface area contributed by atoms with Gasteiger partial charge in [0.1, 0.15) is 0 Å². The average molecular weight is 252 g/mol. The number of hydrogen-bond donors (Lipinski definition) is 4. The summed E-state index contributed by atoms with van der Waals surface area (Å²) in [7, 11) is 0. The minimum atomic E-state index is -0.444. The predicted molar refractivity (Wildman–Crippen MR) is 69.6 cm³/mol. The van der Waals surface area contributed by atoms with Crippen LogP contribution in [0, 0.1) is 0 Å². The minimum absolute atomic E-state index is 0.0459. The highest BCUT2D eigenvalue weighted by atomic mass is 16.3. The number of carbonyl (C=O) groups excluding carboxylic acids is 1. The molecule has 0 radical (unpaired) electrons. The Morgan fingerprint density at radius 3 is 2.50 bits per heavy atom. The van der Waals surface area contributed by atoms with Gasteiger partial charge in [-0.3, -0.25) is 4.79 Å². The Kier molecular flexibility index (Phi) is 4.55. The first-order valence-electron chi connectivity index (χ1n) is 6.01. The number of phenols is 2. The molecule has 0 spiro atoms. The van der Waals surface area contributed by atoms with Gasteiger partial charge in [0.25, 0.3) is 5.91 Å². The van der Waals surface area contributed by atoms with Crippen LogP contribution in [-0.2, 0) is 0 Å². The van der Waals surface area contributed by atoms with E-state index < -0.39 is 17.2 Å². The molecule has 18 heavy (non-hydrogen) atoms. The van der Waals surface area contributed by atoms with Crippen LogP contribution in [0.4, 0.5) is 0 Å². The molecule has 0 heterocycles. The maximum absolute atomic E-state index is 11.9. The molecule has 0 aromatic heterocycles. The first-order chi connectivity index (χ1) is 8.43. The summed E-state index contributed by atoms with van der Waals surface area (Å²) in [4.78, 5) is 11.9. The Hall–Kier alpha value is -1.75. The first-order valence-corrected chi connectivity index (χ1v) is 6.01. The van der Waals surface area contributed by atoms with Gasteiger partial charge in [-0.2, -0.15) is 0 Å². The van der Waals surface area contributed by atoms with Crippen LogP contribution in [0.25, 0.3) is 0 Å². The Labute approximate surface area is 107 Å². The van der Waals surface area contributed by atoms with E-state index in [1.807, 2.05) is 13.8 Å². The molecule has 5 heteroatoms. The van der Waals surface area contributed by atoms with Crippen LogP contribution in [0.1, 0.15) is 37.0 Å². The van der Waals surface area contributed by atoms with Crippen molar-refractivity contribution < 1.29 is 15.0 Å². The van der Waals surface area contributed by atoms with Crippen LogP contribution < -0.4 is 11.1 Å². The smallest absolute Gasteiger partial charge is 0.255 e. The number of aromatic hydroxyl groups is 2. The van der Waals surface area contributed by atoms with Crippen molar-refractivity contribution in [1.82, 2.24) is 5.32 Å². The van der Waals surface area contributed by atoms with Crippen molar-refractivity contribution in [3.63, 3.8) is 0 Å². The molecule has 1 amide bonds. The van der Waals surface area contributed by atoms with E-state index in [-0.39, 0.29) is 11.3 Å². The molecule has 0 atom stereocenters. The number of benzene rings is 1. The van der Waals surface area contributed by atoms with E-state index in [0.29, 0.717) is 6.54 Å². The Balaban J connectivity index is 2.75. The van der Waals surface area contributed by atoms with Gasteiger partial charge in [0.15, 0.2) is 11.5 Å². The zero-order valence-corrected chi connectivity index (χ0v) is 10.7. The zero-order chi connectivity index (χ0) is 13.8. The standard InChI is InChI=1S/C13H20N2O3/c1-3-13(14,4-2)8-15-12(18)9-6-5-7-10(16)11(9)17/h5-7,16-17H,3-4,8,14H2,1-2H3,(H,15,18). The fourth-order valence-corrected chi connectivity index (χ4v) is 1.57. The molecular formula is C13H20N2O3. The fraction of sp³-hybridized carbons (Fsp3) is 0.462. The van der Waals surface area contributed by atoms with Gasteiger partial charge in [-0.15, -0.1) is 0 Å². The number of para-hydroxylation sites is 1. The Bertz CT molecular complexity index is 428. The second kappa shape index (κ2) is 5.73. The summed E-state index contributed by atoms with van der Waals surface area (Å²) in [5.41, 5.74) is 5.67. The van der Waals surface area contributed by atoms with E-state index in [2.05, 4.69) is 5.32 Å². The molecule has 5 nitrogen and oxygen atoms in total. The summed E-state index contributed by atoms with van der Waals surface area (Å²) in [6, 6.07) is 4.26. The van der Waals surface area contributed by atoms with Gasteiger partial charge < -0.3 is 21.3 Å². The summed E-state index contributed by atoms with van der Waals surface area (Å²) < 4.78 is 0. The van der Waals surface area contributed by atoms with Crippen LogP contribution >= 0.6 is 0 Å². The number of carbonyl (C=O) groups is 1. The van der Waals surface area contributed by atoms with Gasteiger partial charge in [0, 0.05) is 12.1 Å². The van der Waals surface area contributed by atoms with Crippen LogP contribution in [0.2, 0.25) is 0 Å². The van der Waals surface area contributed by atoms with E-state index in [9.17, 15) is 15.0 Å². The zero-order valence-electron chi connectivity index (χ0n) is 10.7. The summed E-state index contributed by atoms with van der Waals surface area (Å²) >= 11 is 0.